The van der Waals surface area contributed by atoms with Gasteiger partial charge >= 0.3 is 0 Å². The fourth-order valence-corrected chi connectivity index (χ4v) is 3.29. The normalized spacial score (nSPS) is 13.0. The van der Waals surface area contributed by atoms with Crippen molar-refractivity contribution in [1.29, 1.82) is 0 Å². The van der Waals surface area contributed by atoms with Crippen LogP contribution in [0.3, 0.4) is 0 Å². The van der Waals surface area contributed by atoms with Crippen molar-refractivity contribution < 1.29 is 9.53 Å². The van der Waals surface area contributed by atoms with Gasteiger partial charge in [0.15, 0.2) is 5.75 Å². The van der Waals surface area contributed by atoms with Crippen LogP contribution >= 0.6 is 0 Å². The number of hydrogen-bond acceptors (Lipinski definition) is 5. The molecule has 1 amide bonds. The van der Waals surface area contributed by atoms with Crippen LogP contribution < -0.4 is 15.0 Å². The number of amides is 1. The van der Waals surface area contributed by atoms with Gasteiger partial charge in [0, 0.05) is 6.54 Å². The number of benzene rings is 2. The molecule has 1 N–H and O–H groups in total. The minimum absolute atomic E-state index is 0.148. The van der Waals surface area contributed by atoms with Crippen molar-refractivity contribution in [3.05, 3.63) is 66.5 Å². The van der Waals surface area contributed by atoms with E-state index in [-0.39, 0.29) is 5.91 Å². The van der Waals surface area contributed by atoms with Gasteiger partial charge < -0.3 is 15.0 Å². The number of carbonyl (C=O) groups is 1. The maximum Gasteiger partial charge on any atom is 0.250 e. The van der Waals surface area contributed by atoms with Crippen LogP contribution in [-0.4, -0.2) is 29.0 Å². The number of nitrogens with zero attached hydrogens (tertiary/aromatic N) is 3. The Kier molecular flexibility index (Phi) is 4.46. The predicted molar refractivity (Wildman–Crippen MR) is 106 cm³/mol. The fraction of sp³-hybridized carbons (Fsp3) is 0.190. The molecule has 1 aliphatic rings. The molecule has 0 atom stereocenters. The van der Waals surface area contributed by atoms with Gasteiger partial charge in [-0.05, 0) is 36.3 Å². The Morgan fingerprint density at radius 3 is 2.96 bits per heavy atom. The first kappa shape index (κ1) is 17.0. The maximum absolute atomic E-state index is 12.2. The van der Waals surface area contributed by atoms with Crippen LogP contribution in [0.4, 0.5) is 11.5 Å². The largest absolute Gasteiger partial charge is 0.489 e. The standard InChI is InChI=1S/C21H20N4O2/c1-3-18(26)25-10-11-27-20-17(25)9-8-16-19(20)21(24-13-23-16)22-12-15-7-5-4-6-14(15)2/h3-9,13H,1,10-12H2,2H3,(H,22,23,24). The molecule has 1 aromatic heterocycles. The van der Waals surface area contributed by atoms with Gasteiger partial charge in [0.25, 0.3) is 5.91 Å². The zero-order valence-electron chi connectivity index (χ0n) is 15.1. The first-order valence-electron chi connectivity index (χ1n) is 8.82. The Labute approximate surface area is 157 Å². The lowest BCUT2D eigenvalue weighted by Gasteiger charge is -2.29. The van der Waals surface area contributed by atoms with Crippen molar-refractivity contribution >= 4 is 28.3 Å². The number of ether oxygens (including phenoxy) is 1. The van der Waals surface area contributed by atoms with Gasteiger partial charge in [-0.3, -0.25) is 4.79 Å². The summed E-state index contributed by atoms with van der Waals surface area (Å²) < 4.78 is 5.93. The van der Waals surface area contributed by atoms with Crippen molar-refractivity contribution in [2.24, 2.45) is 0 Å². The SMILES string of the molecule is C=CC(=O)N1CCOc2c1ccc1ncnc(NCc3ccccc3C)c21. The van der Waals surface area contributed by atoms with E-state index in [0.717, 1.165) is 10.9 Å². The van der Waals surface area contributed by atoms with Gasteiger partial charge in [0.2, 0.25) is 0 Å². The average molecular weight is 360 g/mol. The molecule has 0 unspecified atom stereocenters. The number of nitrogens with one attached hydrogen (secondary N) is 1. The van der Waals surface area contributed by atoms with Crippen molar-refractivity contribution in [3.63, 3.8) is 0 Å². The minimum atomic E-state index is -0.148. The number of fused-ring (bicyclic) bond motifs is 3. The molecule has 2 heterocycles. The number of aryl methyl sites for hydroxylation is 1. The lowest BCUT2D eigenvalue weighted by molar-refractivity contribution is -0.114. The Morgan fingerprint density at radius 1 is 1.30 bits per heavy atom. The van der Waals surface area contributed by atoms with Crippen LogP contribution in [0.1, 0.15) is 11.1 Å². The molecule has 136 valence electrons. The zero-order valence-corrected chi connectivity index (χ0v) is 15.1. The van der Waals surface area contributed by atoms with Crippen molar-refractivity contribution in [2.45, 2.75) is 13.5 Å². The van der Waals surface area contributed by atoms with Crippen molar-refractivity contribution in [3.8, 4) is 5.75 Å². The van der Waals surface area contributed by atoms with Gasteiger partial charge in [-0.15, -0.1) is 0 Å². The average Bonchev–Trinajstić information content (AvgIpc) is 2.71. The van der Waals surface area contributed by atoms with Crippen LogP contribution in [0.15, 0.2) is 55.4 Å². The van der Waals surface area contributed by atoms with Gasteiger partial charge in [0.1, 0.15) is 18.8 Å². The Bertz CT molecular complexity index is 1030. The highest BCUT2D eigenvalue weighted by atomic mass is 16.5. The van der Waals surface area contributed by atoms with Crippen LogP contribution in [-0.2, 0) is 11.3 Å². The molecule has 0 bridgehead atoms. The lowest BCUT2D eigenvalue weighted by atomic mass is 10.1. The molecule has 0 saturated heterocycles. The number of carbonyl (C=O) groups excluding carboxylic acids is 1. The molecule has 27 heavy (non-hydrogen) atoms. The molecule has 0 aliphatic carbocycles. The highest BCUT2D eigenvalue weighted by molar-refractivity contribution is 6.07. The van der Waals surface area contributed by atoms with E-state index < -0.39 is 0 Å². The van der Waals surface area contributed by atoms with E-state index in [0.29, 0.717) is 37.0 Å². The highest BCUT2D eigenvalue weighted by Crippen LogP contribution is 2.40. The molecule has 1 aliphatic heterocycles. The molecular weight excluding hydrogens is 340 g/mol. The third kappa shape index (κ3) is 3.10. The Morgan fingerprint density at radius 2 is 2.15 bits per heavy atom. The summed E-state index contributed by atoms with van der Waals surface area (Å²) in [6.07, 6.45) is 2.85. The quantitative estimate of drug-likeness (QED) is 0.722. The summed E-state index contributed by atoms with van der Waals surface area (Å²) in [6.45, 7) is 7.21. The molecule has 3 aromatic rings. The second kappa shape index (κ2) is 7.07. The van der Waals surface area contributed by atoms with Crippen LogP contribution in [0.2, 0.25) is 0 Å². The summed E-state index contributed by atoms with van der Waals surface area (Å²) >= 11 is 0. The number of hydrogen-bond donors (Lipinski definition) is 1. The van der Waals surface area contributed by atoms with E-state index in [1.54, 1.807) is 4.90 Å². The van der Waals surface area contributed by atoms with Gasteiger partial charge in [-0.1, -0.05) is 30.8 Å². The van der Waals surface area contributed by atoms with Crippen molar-refractivity contribution in [1.82, 2.24) is 9.97 Å². The summed E-state index contributed by atoms with van der Waals surface area (Å²) in [7, 11) is 0. The molecule has 0 spiro atoms. The highest BCUT2D eigenvalue weighted by Gasteiger charge is 2.25. The summed E-state index contributed by atoms with van der Waals surface area (Å²) in [5.41, 5.74) is 3.89. The second-order valence-corrected chi connectivity index (χ2v) is 6.35. The molecule has 0 saturated carbocycles. The molecule has 0 fully saturated rings. The zero-order chi connectivity index (χ0) is 18.8. The maximum atomic E-state index is 12.2. The molecule has 6 nitrogen and oxygen atoms in total. The number of aromatic nitrogens is 2. The van der Waals surface area contributed by atoms with Gasteiger partial charge in [0.05, 0.1) is 23.1 Å². The monoisotopic (exact) mass is 360 g/mol. The number of rotatable bonds is 4. The minimum Gasteiger partial charge on any atom is -0.489 e. The molecule has 2 aromatic carbocycles. The van der Waals surface area contributed by atoms with Gasteiger partial charge in [-0.25, -0.2) is 9.97 Å². The van der Waals surface area contributed by atoms with Crippen molar-refractivity contribution in [2.75, 3.05) is 23.4 Å². The Hall–Kier alpha value is -3.41. The van der Waals surface area contributed by atoms with E-state index >= 15 is 0 Å². The molecule has 6 heteroatoms. The second-order valence-electron chi connectivity index (χ2n) is 6.35. The Balaban J connectivity index is 1.77. The lowest BCUT2D eigenvalue weighted by Crippen LogP contribution is -2.36. The first-order chi connectivity index (χ1) is 13.2. The van der Waals surface area contributed by atoms with E-state index in [1.165, 1.54) is 23.5 Å². The summed E-state index contributed by atoms with van der Waals surface area (Å²) in [5.74, 6) is 1.17. The third-order valence-electron chi connectivity index (χ3n) is 4.74. The smallest absolute Gasteiger partial charge is 0.250 e. The van der Waals surface area contributed by atoms with E-state index in [9.17, 15) is 4.79 Å². The number of anilines is 2. The van der Waals surface area contributed by atoms with Crippen LogP contribution in [0.5, 0.6) is 5.75 Å². The summed E-state index contributed by atoms with van der Waals surface area (Å²) in [6, 6.07) is 11.9. The predicted octanol–water partition coefficient (Wildman–Crippen LogP) is 3.46. The van der Waals surface area contributed by atoms with Crippen LogP contribution in [0.25, 0.3) is 10.9 Å². The van der Waals surface area contributed by atoms with E-state index in [1.807, 2.05) is 24.3 Å². The molecule has 0 radical (unpaired) electrons. The molecular formula is C21H20N4O2. The van der Waals surface area contributed by atoms with Crippen LogP contribution in [0, 0.1) is 6.92 Å². The summed E-state index contributed by atoms with van der Waals surface area (Å²) in [5, 5.41) is 4.18. The summed E-state index contributed by atoms with van der Waals surface area (Å²) in [4.78, 5) is 22.7. The fourth-order valence-electron chi connectivity index (χ4n) is 3.29. The molecule has 4 rings (SSSR count). The first-order valence-corrected chi connectivity index (χ1v) is 8.82. The van der Waals surface area contributed by atoms with Gasteiger partial charge in [-0.2, -0.15) is 0 Å². The van der Waals surface area contributed by atoms with E-state index in [4.69, 9.17) is 4.74 Å². The third-order valence-corrected chi connectivity index (χ3v) is 4.74. The van der Waals surface area contributed by atoms with E-state index in [2.05, 4.69) is 40.9 Å². The topological polar surface area (TPSA) is 67.4 Å².